The third kappa shape index (κ3) is 2.32. The topological polar surface area (TPSA) is 33.1 Å². The number of aromatic nitrogens is 1. The van der Waals surface area contributed by atoms with Crippen molar-refractivity contribution in [2.24, 2.45) is 0 Å². The number of benzene rings is 2. The standard InChI is InChI=1S/C16H11BrFNO/c17-15-12(5-3-6-13(15)18)16(20)11-8-10-4-1-2-7-14(10)19-9-11/h1-9,16,20H. The minimum absolute atomic E-state index is 0.278. The largest absolute Gasteiger partial charge is 0.384 e. The number of nitrogens with zero attached hydrogens (tertiary/aromatic N) is 1. The van der Waals surface area contributed by atoms with Crippen LogP contribution in [0.1, 0.15) is 17.2 Å². The molecule has 1 aromatic heterocycles. The van der Waals surface area contributed by atoms with Crippen molar-refractivity contribution in [1.82, 2.24) is 4.98 Å². The van der Waals surface area contributed by atoms with E-state index in [9.17, 15) is 9.50 Å². The smallest absolute Gasteiger partial charge is 0.137 e. The fourth-order valence-corrected chi connectivity index (χ4v) is 2.63. The number of hydrogen-bond acceptors (Lipinski definition) is 2. The lowest BCUT2D eigenvalue weighted by Crippen LogP contribution is -2.02. The number of para-hydroxylation sites is 1. The van der Waals surface area contributed by atoms with Crippen molar-refractivity contribution in [2.75, 3.05) is 0 Å². The highest BCUT2D eigenvalue weighted by molar-refractivity contribution is 9.10. The first kappa shape index (κ1) is 13.2. The van der Waals surface area contributed by atoms with E-state index in [2.05, 4.69) is 20.9 Å². The van der Waals surface area contributed by atoms with Gasteiger partial charge in [0.15, 0.2) is 0 Å². The van der Waals surface area contributed by atoms with E-state index in [1.54, 1.807) is 18.3 Å². The molecule has 1 heterocycles. The molecule has 1 unspecified atom stereocenters. The van der Waals surface area contributed by atoms with Crippen LogP contribution in [0, 0.1) is 5.82 Å². The molecule has 2 nitrogen and oxygen atoms in total. The van der Waals surface area contributed by atoms with Gasteiger partial charge >= 0.3 is 0 Å². The molecular formula is C16H11BrFNO. The number of pyridine rings is 1. The number of fused-ring (bicyclic) bond motifs is 1. The molecule has 0 radical (unpaired) electrons. The van der Waals surface area contributed by atoms with Crippen LogP contribution in [0.15, 0.2) is 59.2 Å². The van der Waals surface area contributed by atoms with Gasteiger partial charge < -0.3 is 5.11 Å². The molecule has 0 amide bonds. The second kappa shape index (κ2) is 5.31. The Bertz CT molecular complexity index is 775. The van der Waals surface area contributed by atoms with E-state index >= 15 is 0 Å². The Labute approximate surface area is 124 Å². The van der Waals surface area contributed by atoms with E-state index < -0.39 is 11.9 Å². The van der Waals surface area contributed by atoms with E-state index in [0.29, 0.717) is 11.1 Å². The molecule has 2 aromatic carbocycles. The van der Waals surface area contributed by atoms with E-state index in [1.807, 2.05) is 30.3 Å². The SMILES string of the molecule is OC(c1cnc2ccccc2c1)c1cccc(F)c1Br. The van der Waals surface area contributed by atoms with Crippen LogP contribution >= 0.6 is 15.9 Å². The Morgan fingerprint density at radius 3 is 2.75 bits per heavy atom. The Morgan fingerprint density at radius 2 is 1.90 bits per heavy atom. The summed E-state index contributed by atoms with van der Waals surface area (Å²) in [6.45, 7) is 0. The predicted octanol–water partition coefficient (Wildman–Crippen LogP) is 4.22. The van der Waals surface area contributed by atoms with Crippen LogP contribution in [0.2, 0.25) is 0 Å². The van der Waals surface area contributed by atoms with E-state index in [4.69, 9.17) is 0 Å². The first-order valence-electron chi connectivity index (χ1n) is 6.13. The summed E-state index contributed by atoms with van der Waals surface area (Å²) in [6, 6.07) is 14.1. The van der Waals surface area contributed by atoms with Crippen LogP contribution in [-0.2, 0) is 0 Å². The second-order valence-electron chi connectivity index (χ2n) is 4.51. The van der Waals surface area contributed by atoms with Crippen LogP contribution in [0.4, 0.5) is 4.39 Å². The third-order valence-corrected chi connectivity index (χ3v) is 4.04. The Balaban J connectivity index is 2.08. The molecule has 0 saturated heterocycles. The molecule has 3 aromatic rings. The molecule has 3 rings (SSSR count). The van der Waals surface area contributed by atoms with Crippen molar-refractivity contribution in [1.29, 1.82) is 0 Å². The molecule has 0 aliphatic rings. The lowest BCUT2D eigenvalue weighted by molar-refractivity contribution is 0.218. The predicted molar refractivity (Wildman–Crippen MR) is 79.9 cm³/mol. The Hall–Kier alpha value is -1.78. The summed E-state index contributed by atoms with van der Waals surface area (Å²) < 4.78 is 13.8. The Kier molecular flexibility index (Phi) is 3.51. The normalized spacial score (nSPS) is 12.6. The molecule has 4 heteroatoms. The number of rotatable bonds is 2. The van der Waals surface area contributed by atoms with Crippen LogP contribution in [0.3, 0.4) is 0 Å². The quantitative estimate of drug-likeness (QED) is 0.762. The molecule has 0 saturated carbocycles. The maximum atomic E-state index is 13.5. The van der Waals surface area contributed by atoms with Crippen molar-refractivity contribution in [3.63, 3.8) is 0 Å². The minimum Gasteiger partial charge on any atom is -0.384 e. The minimum atomic E-state index is -0.919. The second-order valence-corrected chi connectivity index (χ2v) is 5.30. The van der Waals surface area contributed by atoms with E-state index in [0.717, 1.165) is 10.9 Å². The summed E-state index contributed by atoms with van der Waals surface area (Å²) in [4.78, 5) is 4.31. The molecule has 20 heavy (non-hydrogen) atoms. The molecule has 0 aliphatic heterocycles. The van der Waals surface area contributed by atoms with Crippen LogP contribution in [-0.4, -0.2) is 10.1 Å². The summed E-state index contributed by atoms with van der Waals surface area (Å²) >= 11 is 3.17. The number of halogens is 2. The van der Waals surface area contributed by atoms with Crippen molar-refractivity contribution in [3.05, 3.63) is 76.1 Å². The van der Waals surface area contributed by atoms with Gasteiger partial charge in [0, 0.05) is 22.7 Å². The van der Waals surface area contributed by atoms with Gasteiger partial charge in [0.2, 0.25) is 0 Å². The maximum Gasteiger partial charge on any atom is 0.137 e. The molecule has 100 valence electrons. The fraction of sp³-hybridized carbons (Fsp3) is 0.0625. The van der Waals surface area contributed by atoms with Gasteiger partial charge in [0.25, 0.3) is 0 Å². The summed E-state index contributed by atoms with van der Waals surface area (Å²) in [5.74, 6) is -0.393. The average Bonchev–Trinajstić information content (AvgIpc) is 2.49. The van der Waals surface area contributed by atoms with Gasteiger partial charge in [-0.15, -0.1) is 0 Å². The molecule has 0 bridgehead atoms. The molecule has 0 aliphatic carbocycles. The first-order chi connectivity index (χ1) is 9.66. The number of aliphatic hydroxyl groups excluding tert-OH is 1. The number of hydrogen-bond donors (Lipinski definition) is 1. The summed E-state index contributed by atoms with van der Waals surface area (Å²) in [6.07, 6.45) is 0.696. The average molecular weight is 332 g/mol. The summed E-state index contributed by atoms with van der Waals surface area (Å²) in [7, 11) is 0. The monoisotopic (exact) mass is 331 g/mol. The van der Waals surface area contributed by atoms with Crippen molar-refractivity contribution in [3.8, 4) is 0 Å². The molecule has 1 N–H and O–H groups in total. The van der Waals surface area contributed by atoms with E-state index in [-0.39, 0.29) is 4.47 Å². The highest BCUT2D eigenvalue weighted by Crippen LogP contribution is 2.31. The fourth-order valence-electron chi connectivity index (χ4n) is 2.15. The zero-order valence-corrected chi connectivity index (χ0v) is 12.0. The van der Waals surface area contributed by atoms with Crippen molar-refractivity contribution in [2.45, 2.75) is 6.10 Å². The number of aliphatic hydroxyl groups is 1. The highest BCUT2D eigenvalue weighted by atomic mass is 79.9. The van der Waals surface area contributed by atoms with Crippen molar-refractivity contribution < 1.29 is 9.50 Å². The van der Waals surface area contributed by atoms with Gasteiger partial charge in [-0.2, -0.15) is 0 Å². The molecule has 0 fully saturated rings. The lowest BCUT2D eigenvalue weighted by atomic mass is 10.0. The van der Waals surface area contributed by atoms with Gasteiger partial charge in [0.1, 0.15) is 11.9 Å². The molecular weight excluding hydrogens is 321 g/mol. The zero-order valence-electron chi connectivity index (χ0n) is 10.4. The zero-order chi connectivity index (χ0) is 14.1. The highest BCUT2D eigenvalue weighted by Gasteiger charge is 2.16. The Morgan fingerprint density at radius 1 is 1.10 bits per heavy atom. The maximum absolute atomic E-state index is 13.5. The van der Waals surface area contributed by atoms with Gasteiger partial charge in [0.05, 0.1) is 9.99 Å². The van der Waals surface area contributed by atoms with Gasteiger partial charge in [-0.1, -0.05) is 30.3 Å². The van der Waals surface area contributed by atoms with Crippen LogP contribution < -0.4 is 0 Å². The first-order valence-corrected chi connectivity index (χ1v) is 6.93. The molecule has 0 spiro atoms. The van der Waals surface area contributed by atoms with Crippen molar-refractivity contribution >= 4 is 26.8 Å². The van der Waals surface area contributed by atoms with Crippen LogP contribution in [0.25, 0.3) is 10.9 Å². The lowest BCUT2D eigenvalue weighted by Gasteiger charge is -2.14. The van der Waals surface area contributed by atoms with Gasteiger partial charge in [-0.05, 0) is 34.1 Å². The van der Waals surface area contributed by atoms with Gasteiger partial charge in [-0.3, -0.25) is 4.98 Å². The summed E-state index contributed by atoms with van der Waals surface area (Å²) in [5, 5.41) is 11.4. The van der Waals surface area contributed by atoms with Gasteiger partial charge in [-0.25, -0.2) is 4.39 Å². The third-order valence-electron chi connectivity index (χ3n) is 3.20. The van der Waals surface area contributed by atoms with Crippen LogP contribution in [0.5, 0.6) is 0 Å². The molecule has 1 atom stereocenters. The van der Waals surface area contributed by atoms with E-state index in [1.165, 1.54) is 6.07 Å². The summed E-state index contributed by atoms with van der Waals surface area (Å²) in [5.41, 5.74) is 1.99.